The molecule has 1 aliphatic heterocycles. The zero-order chi connectivity index (χ0) is 11.6. The summed E-state index contributed by atoms with van der Waals surface area (Å²) in [6, 6.07) is 0.482. The summed E-state index contributed by atoms with van der Waals surface area (Å²) in [4.78, 5) is 2.48. The van der Waals surface area contributed by atoms with Gasteiger partial charge in [0.25, 0.3) is 0 Å². The molecular formula is C12H26N2O. The molecule has 0 aromatic rings. The largest absolute Gasteiger partial charge is 0.370 e. The summed E-state index contributed by atoms with van der Waals surface area (Å²) < 4.78 is 5.90. The maximum Gasteiger partial charge on any atom is 0.0757 e. The number of morpholine rings is 1. The van der Waals surface area contributed by atoms with Crippen molar-refractivity contribution >= 4 is 0 Å². The molecule has 2 N–H and O–H groups in total. The minimum Gasteiger partial charge on any atom is -0.370 e. The van der Waals surface area contributed by atoms with E-state index in [9.17, 15) is 0 Å². The lowest BCUT2D eigenvalue weighted by Crippen LogP contribution is -2.57. The van der Waals surface area contributed by atoms with Crippen molar-refractivity contribution < 1.29 is 4.74 Å². The minimum absolute atomic E-state index is 0.0417. The lowest BCUT2D eigenvalue weighted by atomic mass is 9.97. The molecule has 0 saturated carbocycles. The molecule has 15 heavy (non-hydrogen) atoms. The molecule has 0 aromatic heterocycles. The van der Waals surface area contributed by atoms with Gasteiger partial charge in [-0.1, -0.05) is 13.8 Å². The fourth-order valence-corrected chi connectivity index (χ4v) is 2.60. The summed E-state index contributed by atoms with van der Waals surface area (Å²) in [5.74, 6) is 0.607. The van der Waals surface area contributed by atoms with Crippen molar-refractivity contribution in [2.45, 2.75) is 52.4 Å². The average Bonchev–Trinajstić information content (AvgIpc) is 1.99. The second-order valence-electron chi connectivity index (χ2n) is 5.66. The molecule has 1 saturated heterocycles. The van der Waals surface area contributed by atoms with E-state index in [4.69, 9.17) is 10.5 Å². The normalized spacial score (nSPS) is 29.4. The topological polar surface area (TPSA) is 38.5 Å². The highest BCUT2D eigenvalue weighted by Crippen LogP contribution is 2.24. The summed E-state index contributed by atoms with van der Waals surface area (Å²) in [5.41, 5.74) is 5.81. The smallest absolute Gasteiger partial charge is 0.0757 e. The third-order valence-corrected chi connectivity index (χ3v) is 3.08. The van der Waals surface area contributed by atoms with E-state index in [2.05, 4.69) is 39.5 Å². The quantitative estimate of drug-likeness (QED) is 0.773. The van der Waals surface area contributed by atoms with Gasteiger partial charge in [-0.05, 0) is 26.7 Å². The molecular weight excluding hydrogens is 188 g/mol. The van der Waals surface area contributed by atoms with E-state index in [1.807, 2.05) is 0 Å². The Balaban J connectivity index is 2.68. The van der Waals surface area contributed by atoms with Crippen molar-refractivity contribution in [3.05, 3.63) is 0 Å². The van der Waals surface area contributed by atoms with Crippen molar-refractivity contribution in [3.8, 4) is 0 Å². The van der Waals surface area contributed by atoms with Gasteiger partial charge in [0.2, 0.25) is 0 Å². The van der Waals surface area contributed by atoms with Crippen LogP contribution in [-0.2, 0) is 4.74 Å². The fourth-order valence-electron chi connectivity index (χ4n) is 2.60. The number of nitrogens with two attached hydrogens (primary N) is 1. The van der Waals surface area contributed by atoms with Crippen LogP contribution in [0.3, 0.4) is 0 Å². The van der Waals surface area contributed by atoms with Crippen LogP contribution in [0.25, 0.3) is 0 Å². The number of hydrogen-bond donors (Lipinski definition) is 1. The summed E-state index contributed by atoms with van der Waals surface area (Å²) in [7, 11) is 0. The molecule has 2 atom stereocenters. The van der Waals surface area contributed by atoms with E-state index < -0.39 is 0 Å². The van der Waals surface area contributed by atoms with E-state index >= 15 is 0 Å². The van der Waals surface area contributed by atoms with Crippen molar-refractivity contribution in [2.24, 2.45) is 11.7 Å². The molecule has 3 heteroatoms. The van der Waals surface area contributed by atoms with E-state index in [-0.39, 0.29) is 5.60 Å². The van der Waals surface area contributed by atoms with Crippen LogP contribution >= 0.6 is 0 Å². The summed E-state index contributed by atoms with van der Waals surface area (Å²) in [6.45, 7) is 13.7. The molecule has 0 spiro atoms. The van der Waals surface area contributed by atoms with E-state index in [1.165, 1.54) is 0 Å². The number of rotatable bonds is 3. The predicted octanol–water partition coefficient (Wildman–Crippen LogP) is 1.47. The first kappa shape index (κ1) is 12.9. The van der Waals surface area contributed by atoms with Crippen LogP contribution in [0.1, 0.15) is 34.6 Å². The van der Waals surface area contributed by atoms with Gasteiger partial charge in [-0.3, -0.25) is 4.90 Å². The highest BCUT2D eigenvalue weighted by atomic mass is 16.5. The Bertz CT molecular complexity index is 204. The SMILES string of the molecule is CC1CN(C(CN)C(C)C)CC(C)(C)O1. The molecule has 3 nitrogen and oxygen atoms in total. The van der Waals surface area contributed by atoms with Crippen LogP contribution in [0.15, 0.2) is 0 Å². The Morgan fingerprint density at radius 1 is 1.47 bits per heavy atom. The fraction of sp³-hybridized carbons (Fsp3) is 1.00. The van der Waals surface area contributed by atoms with E-state index in [0.29, 0.717) is 18.1 Å². The van der Waals surface area contributed by atoms with Gasteiger partial charge in [0.05, 0.1) is 11.7 Å². The van der Waals surface area contributed by atoms with E-state index in [1.54, 1.807) is 0 Å². The molecule has 1 fully saturated rings. The van der Waals surface area contributed by atoms with Crippen LogP contribution in [0.2, 0.25) is 0 Å². The van der Waals surface area contributed by atoms with Gasteiger partial charge in [-0.15, -0.1) is 0 Å². The van der Waals surface area contributed by atoms with Crippen LogP contribution in [-0.4, -0.2) is 42.3 Å². The minimum atomic E-state index is -0.0417. The standard InChI is InChI=1S/C12H26N2O/c1-9(2)11(6-13)14-7-10(3)15-12(4,5)8-14/h9-11H,6-8,13H2,1-5H3. The Kier molecular flexibility index (Phi) is 4.15. The number of hydrogen-bond acceptors (Lipinski definition) is 3. The molecule has 1 heterocycles. The maximum absolute atomic E-state index is 5.90. The zero-order valence-electron chi connectivity index (χ0n) is 10.8. The highest BCUT2D eigenvalue weighted by molar-refractivity contribution is 4.87. The van der Waals surface area contributed by atoms with Crippen LogP contribution in [0, 0.1) is 5.92 Å². The summed E-state index contributed by atoms with van der Waals surface area (Å²) in [6.07, 6.45) is 0.307. The molecule has 0 aliphatic carbocycles. The lowest BCUT2D eigenvalue weighted by molar-refractivity contribution is -0.140. The predicted molar refractivity (Wildman–Crippen MR) is 63.9 cm³/mol. The van der Waals surface area contributed by atoms with Gasteiger partial charge in [-0.25, -0.2) is 0 Å². The van der Waals surface area contributed by atoms with Crippen LogP contribution in [0.4, 0.5) is 0 Å². The first-order chi connectivity index (χ1) is 6.85. The summed E-state index contributed by atoms with van der Waals surface area (Å²) >= 11 is 0. The summed E-state index contributed by atoms with van der Waals surface area (Å²) in [5, 5.41) is 0. The first-order valence-electron chi connectivity index (χ1n) is 5.97. The molecule has 1 aliphatic rings. The maximum atomic E-state index is 5.90. The third kappa shape index (κ3) is 3.44. The lowest BCUT2D eigenvalue weighted by Gasteiger charge is -2.46. The number of nitrogens with zero attached hydrogens (tertiary/aromatic N) is 1. The second-order valence-corrected chi connectivity index (χ2v) is 5.66. The molecule has 90 valence electrons. The second kappa shape index (κ2) is 4.81. The monoisotopic (exact) mass is 214 g/mol. The third-order valence-electron chi connectivity index (χ3n) is 3.08. The molecule has 0 bridgehead atoms. The number of ether oxygens (including phenoxy) is 1. The molecule has 0 radical (unpaired) electrons. The molecule has 0 aromatic carbocycles. The highest BCUT2D eigenvalue weighted by Gasteiger charge is 2.34. The Morgan fingerprint density at radius 2 is 2.07 bits per heavy atom. The molecule has 2 unspecified atom stereocenters. The Labute approximate surface area is 94.0 Å². The van der Waals surface area contributed by atoms with E-state index in [0.717, 1.165) is 19.6 Å². The van der Waals surface area contributed by atoms with Gasteiger partial charge in [-0.2, -0.15) is 0 Å². The van der Waals surface area contributed by atoms with Gasteiger partial charge in [0.1, 0.15) is 0 Å². The van der Waals surface area contributed by atoms with Gasteiger partial charge < -0.3 is 10.5 Å². The molecule has 0 amide bonds. The van der Waals surface area contributed by atoms with Gasteiger partial charge in [0, 0.05) is 25.7 Å². The van der Waals surface area contributed by atoms with Crippen molar-refractivity contribution in [1.82, 2.24) is 4.90 Å². The average molecular weight is 214 g/mol. The molecule has 1 rings (SSSR count). The van der Waals surface area contributed by atoms with Gasteiger partial charge in [0.15, 0.2) is 0 Å². The van der Waals surface area contributed by atoms with Crippen LogP contribution < -0.4 is 5.73 Å². The first-order valence-corrected chi connectivity index (χ1v) is 5.97. The van der Waals surface area contributed by atoms with Crippen molar-refractivity contribution in [2.75, 3.05) is 19.6 Å². The van der Waals surface area contributed by atoms with Crippen molar-refractivity contribution in [3.63, 3.8) is 0 Å². The van der Waals surface area contributed by atoms with Gasteiger partial charge >= 0.3 is 0 Å². The van der Waals surface area contributed by atoms with Crippen LogP contribution in [0.5, 0.6) is 0 Å². The Morgan fingerprint density at radius 3 is 2.47 bits per heavy atom. The Hall–Kier alpha value is -0.120. The van der Waals surface area contributed by atoms with Crippen molar-refractivity contribution in [1.29, 1.82) is 0 Å². The zero-order valence-corrected chi connectivity index (χ0v) is 10.8.